The second kappa shape index (κ2) is 4.63. The van der Waals surface area contributed by atoms with Crippen molar-refractivity contribution in [2.75, 3.05) is 7.11 Å². The second-order valence-corrected chi connectivity index (χ2v) is 4.20. The normalized spacial score (nSPS) is 10.6. The van der Waals surface area contributed by atoms with E-state index in [0.29, 0.717) is 0 Å². The van der Waals surface area contributed by atoms with Crippen LogP contribution in [0.2, 0.25) is 0 Å². The van der Waals surface area contributed by atoms with E-state index in [1.807, 2.05) is 32.0 Å². The van der Waals surface area contributed by atoms with Crippen molar-refractivity contribution >= 4 is 0 Å². The summed E-state index contributed by atoms with van der Waals surface area (Å²) in [6, 6.07) is 8.02. The van der Waals surface area contributed by atoms with Gasteiger partial charge in [0.25, 0.3) is 0 Å². The van der Waals surface area contributed by atoms with Gasteiger partial charge in [-0.15, -0.1) is 0 Å². The van der Waals surface area contributed by atoms with Crippen LogP contribution < -0.4 is 4.74 Å². The Bertz CT molecular complexity index is 529. The van der Waals surface area contributed by atoms with Crippen molar-refractivity contribution in [3.05, 3.63) is 41.1 Å². The summed E-state index contributed by atoms with van der Waals surface area (Å²) in [5.41, 5.74) is 5.09. The fourth-order valence-corrected chi connectivity index (χ4v) is 1.94. The van der Waals surface area contributed by atoms with Crippen LogP contribution in [-0.2, 0) is 6.61 Å². The molecule has 2 rings (SSSR count). The van der Waals surface area contributed by atoms with Gasteiger partial charge in [0.2, 0.25) is 0 Å². The summed E-state index contributed by atoms with van der Waals surface area (Å²) in [4.78, 5) is 3.27. The second-order valence-electron chi connectivity index (χ2n) is 4.20. The molecule has 3 heteroatoms. The minimum absolute atomic E-state index is 0.0520. The average Bonchev–Trinajstić information content (AvgIpc) is 2.70. The van der Waals surface area contributed by atoms with E-state index in [1.54, 1.807) is 7.11 Å². The van der Waals surface area contributed by atoms with Crippen LogP contribution in [0.5, 0.6) is 5.75 Å². The molecule has 0 amide bonds. The van der Waals surface area contributed by atoms with Gasteiger partial charge in [0.1, 0.15) is 5.75 Å². The van der Waals surface area contributed by atoms with Gasteiger partial charge in [-0.05, 0) is 37.6 Å². The molecule has 1 aromatic heterocycles. The van der Waals surface area contributed by atoms with Crippen molar-refractivity contribution in [1.82, 2.24) is 4.98 Å². The molecule has 0 aliphatic heterocycles. The lowest BCUT2D eigenvalue weighted by Crippen LogP contribution is -1.89. The standard InChI is InChI=1S/C14H17NO2/c1-9-4-5-14(17-3)12(6-9)13-7-11(8-16)10(2)15-13/h4-7,15-16H,8H2,1-3H3. The maximum Gasteiger partial charge on any atom is 0.128 e. The highest BCUT2D eigenvalue weighted by Crippen LogP contribution is 2.31. The van der Waals surface area contributed by atoms with Gasteiger partial charge in [0.05, 0.1) is 13.7 Å². The third kappa shape index (κ3) is 2.19. The van der Waals surface area contributed by atoms with Crippen molar-refractivity contribution in [2.24, 2.45) is 0 Å². The number of rotatable bonds is 3. The Balaban J connectivity index is 2.54. The molecule has 0 saturated heterocycles. The number of nitrogens with one attached hydrogen (secondary N) is 1. The van der Waals surface area contributed by atoms with Crippen LogP contribution in [0.3, 0.4) is 0 Å². The molecule has 0 unspecified atom stereocenters. The SMILES string of the molecule is COc1ccc(C)cc1-c1cc(CO)c(C)[nH]1. The zero-order valence-corrected chi connectivity index (χ0v) is 10.4. The molecule has 0 radical (unpaired) electrons. The van der Waals surface area contributed by atoms with Crippen LogP contribution in [0.15, 0.2) is 24.3 Å². The summed E-state index contributed by atoms with van der Waals surface area (Å²) in [5.74, 6) is 0.835. The molecular weight excluding hydrogens is 214 g/mol. The number of aliphatic hydroxyl groups is 1. The fraction of sp³-hybridized carbons (Fsp3) is 0.286. The highest BCUT2D eigenvalue weighted by Gasteiger charge is 2.10. The number of aromatic amines is 1. The van der Waals surface area contributed by atoms with E-state index in [-0.39, 0.29) is 6.61 Å². The summed E-state index contributed by atoms with van der Waals surface area (Å²) >= 11 is 0. The Hall–Kier alpha value is -1.74. The zero-order chi connectivity index (χ0) is 12.4. The number of H-pyrrole nitrogens is 1. The van der Waals surface area contributed by atoms with Gasteiger partial charge >= 0.3 is 0 Å². The minimum Gasteiger partial charge on any atom is -0.496 e. The number of ether oxygens (including phenoxy) is 1. The Kier molecular flexibility index (Phi) is 3.20. The molecule has 1 aromatic carbocycles. The van der Waals surface area contributed by atoms with E-state index in [1.165, 1.54) is 5.56 Å². The summed E-state index contributed by atoms with van der Waals surface area (Å²) < 4.78 is 5.36. The first-order valence-corrected chi connectivity index (χ1v) is 5.60. The van der Waals surface area contributed by atoms with Crippen LogP contribution in [0.1, 0.15) is 16.8 Å². The summed E-state index contributed by atoms with van der Waals surface area (Å²) in [6.45, 7) is 4.06. The highest BCUT2D eigenvalue weighted by atomic mass is 16.5. The Morgan fingerprint density at radius 2 is 2.00 bits per heavy atom. The van der Waals surface area contributed by atoms with E-state index in [9.17, 15) is 5.11 Å². The number of hydrogen-bond donors (Lipinski definition) is 2. The molecule has 3 nitrogen and oxygen atoms in total. The first kappa shape index (κ1) is 11.7. The van der Waals surface area contributed by atoms with E-state index in [2.05, 4.69) is 11.1 Å². The van der Waals surface area contributed by atoms with Gasteiger partial charge in [-0.1, -0.05) is 11.6 Å². The van der Waals surface area contributed by atoms with Crippen LogP contribution in [0, 0.1) is 13.8 Å². The maximum absolute atomic E-state index is 9.21. The van der Waals surface area contributed by atoms with Gasteiger partial charge in [0.15, 0.2) is 0 Å². The number of aromatic nitrogens is 1. The van der Waals surface area contributed by atoms with Crippen molar-refractivity contribution in [3.63, 3.8) is 0 Å². The Morgan fingerprint density at radius 3 is 2.59 bits per heavy atom. The van der Waals surface area contributed by atoms with Crippen molar-refractivity contribution in [1.29, 1.82) is 0 Å². The quantitative estimate of drug-likeness (QED) is 0.853. The van der Waals surface area contributed by atoms with Crippen molar-refractivity contribution < 1.29 is 9.84 Å². The van der Waals surface area contributed by atoms with Crippen LogP contribution in [0.4, 0.5) is 0 Å². The summed E-state index contributed by atoms with van der Waals surface area (Å²) in [6.07, 6.45) is 0. The van der Waals surface area contributed by atoms with Crippen molar-refractivity contribution in [3.8, 4) is 17.0 Å². The molecule has 0 saturated carbocycles. The smallest absolute Gasteiger partial charge is 0.128 e. The molecule has 0 aliphatic carbocycles. The van der Waals surface area contributed by atoms with Crippen LogP contribution in [0.25, 0.3) is 11.3 Å². The van der Waals surface area contributed by atoms with Crippen molar-refractivity contribution in [2.45, 2.75) is 20.5 Å². The highest BCUT2D eigenvalue weighted by molar-refractivity contribution is 5.69. The summed E-state index contributed by atoms with van der Waals surface area (Å²) in [7, 11) is 1.66. The van der Waals surface area contributed by atoms with Crippen LogP contribution in [-0.4, -0.2) is 17.2 Å². The first-order chi connectivity index (χ1) is 8.15. The third-order valence-electron chi connectivity index (χ3n) is 2.94. The maximum atomic E-state index is 9.21. The molecular formula is C14H17NO2. The van der Waals surface area contributed by atoms with Gasteiger partial charge < -0.3 is 14.8 Å². The fourth-order valence-electron chi connectivity index (χ4n) is 1.94. The topological polar surface area (TPSA) is 45.2 Å². The first-order valence-electron chi connectivity index (χ1n) is 5.60. The average molecular weight is 231 g/mol. The number of aliphatic hydroxyl groups excluding tert-OH is 1. The van der Waals surface area contributed by atoms with Crippen LogP contribution >= 0.6 is 0 Å². The molecule has 17 heavy (non-hydrogen) atoms. The summed E-state index contributed by atoms with van der Waals surface area (Å²) in [5, 5.41) is 9.21. The van der Waals surface area contributed by atoms with Gasteiger partial charge in [-0.25, -0.2) is 0 Å². The Labute approximate surface area is 101 Å². The molecule has 0 fully saturated rings. The molecule has 0 spiro atoms. The number of aryl methyl sites for hydroxylation is 2. The molecule has 2 aromatic rings. The van der Waals surface area contributed by atoms with Gasteiger partial charge in [0, 0.05) is 17.0 Å². The number of hydrogen-bond acceptors (Lipinski definition) is 2. The monoisotopic (exact) mass is 231 g/mol. The lowest BCUT2D eigenvalue weighted by Gasteiger charge is -2.07. The van der Waals surface area contributed by atoms with E-state index >= 15 is 0 Å². The number of methoxy groups -OCH3 is 1. The predicted molar refractivity (Wildman–Crippen MR) is 68.2 cm³/mol. The van der Waals surface area contributed by atoms with E-state index < -0.39 is 0 Å². The molecule has 0 aliphatic rings. The largest absolute Gasteiger partial charge is 0.496 e. The van der Waals surface area contributed by atoms with Gasteiger partial charge in [-0.3, -0.25) is 0 Å². The lowest BCUT2D eigenvalue weighted by atomic mass is 10.1. The molecule has 90 valence electrons. The predicted octanol–water partition coefficient (Wildman–Crippen LogP) is 2.80. The number of benzene rings is 1. The molecule has 0 atom stereocenters. The zero-order valence-electron chi connectivity index (χ0n) is 10.4. The molecule has 0 bridgehead atoms. The van der Waals surface area contributed by atoms with E-state index in [4.69, 9.17) is 4.74 Å². The Morgan fingerprint density at radius 1 is 1.24 bits per heavy atom. The van der Waals surface area contributed by atoms with E-state index in [0.717, 1.165) is 28.3 Å². The minimum atomic E-state index is 0.0520. The lowest BCUT2D eigenvalue weighted by molar-refractivity contribution is 0.281. The van der Waals surface area contributed by atoms with Gasteiger partial charge in [-0.2, -0.15) is 0 Å². The molecule has 2 N–H and O–H groups in total. The molecule has 1 heterocycles. The third-order valence-corrected chi connectivity index (χ3v) is 2.94.